The van der Waals surface area contributed by atoms with Crippen molar-refractivity contribution >= 4 is 51.3 Å². The second-order valence-corrected chi connectivity index (χ2v) is 26.4. The Hall–Kier alpha value is -7.34. The maximum Gasteiger partial charge on any atom is 0.308 e. The molecule has 92 heavy (non-hydrogen) atoms. The fourth-order valence-electron chi connectivity index (χ4n) is 12.4. The van der Waals surface area contributed by atoms with E-state index in [2.05, 4.69) is 109 Å². The number of thiocarbonyl (C=S) groups is 1. The second kappa shape index (κ2) is 36.8. The van der Waals surface area contributed by atoms with Crippen LogP contribution in [0.4, 0.5) is 0 Å². The summed E-state index contributed by atoms with van der Waals surface area (Å²) in [5.74, 6) is 0.859. The van der Waals surface area contributed by atoms with Gasteiger partial charge in [0.1, 0.15) is 22.6 Å². The second-order valence-electron chi connectivity index (χ2n) is 24.9. The molecule has 2 unspecified atom stereocenters. The Morgan fingerprint density at radius 1 is 0.641 bits per heavy atom. The number of thiophene rings is 1. The van der Waals surface area contributed by atoms with Crippen molar-refractivity contribution in [1.29, 1.82) is 5.26 Å². The first-order valence-corrected chi connectivity index (χ1v) is 35.0. The number of hydrogen-bond acceptors (Lipinski definition) is 12. The van der Waals surface area contributed by atoms with Gasteiger partial charge >= 0.3 is 11.9 Å². The first kappa shape index (κ1) is 69.0. The normalized spacial score (nSPS) is 16.0. The highest BCUT2D eigenvalue weighted by molar-refractivity contribution is 7.80. The predicted molar refractivity (Wildman–Crippen MR) is 375 cm³/mol. The number of aryl methyl sites for hydroxylation is 1. The fourth-order valence-corrected chi connectivity index (χ4v) is 14.1. The van der Waals surface area contributed by atoms with Gasteiger partial charge in [0.2, 0.25) is 0 Å². The van der Waals surface area contributed by atoms with Gasteiger partial charge in [-0.2, -0.15) is 5.26 Å². The van der Waals surface area contributed by atoms with Crippen molar-refractivity contribution in [2.24, 2.45) is 11.8 Å². The number of methoxy groups -OCH3 is 1. The molecule has 0 amide bonds. The summed E-state index contributed by atoms with van der Waals surface area (Å²) < 4.78 is 39.4. The molecule has 1 aliphatic heterocycles. The highest BCUT2D eigenvalue weighted by Crippen LogP contribution is 2.43. The lowest BCUT2D eigenvalue weighted by atomic mass is 9.82. The van der Waals surface area contributed by atoms with Crippen LogP contribution in [0.3, 0.4) is 0 Å². The standard InChI is InChI=1S/C79H94N2O9S2/c1-4-17-58-18-26-63(27-19-58)75-74(62-24-20-60(55-80)21-25-62)53-73(92-75)54-79(43-12-9-7-6-8-10-14-46-85-45-5-2,81-76(91)69-35-34-67-51-66(32-33-68(67)52-69)61-36-40-70(84-3)41-37-61)44-13-11-15-48-88-77(82)64-28-30-65(31-29-64)78(83)89-50-42-59-22-38-71(39-23-59)87-49-16-47-86-56-72-57-90-72/h5,18-27,32-41,45,51-53,64-65,72H,4,6-17,28-31,42-44,46-50,54,56-57H2,1-3H3,(H,81,91)/b45-5+. The van der Waals surface area contributed by atoms with Crippen molar-refractivity contribution in [2.75, 3.05) is 53.4 Å². The number of nitrogens with zero attached hydrogens (tertiary/aromatic N) is 1. The molecule has 13 heteroatoms. The lowest BCUT2D eigenvalue weighted by molar-refractivity contribution is -0.155. The molecule has 7 aromatic rings. The zero-order valence-corrected chi connectivity index (χ0v) is 56.0. The van der Waals surface area contributed by atoms with Crippen molar-refractivity contribution in [3.8, 4) is 50.3 Å². The third kappa shape index (κ3) is 21.6. The van der Waals surface area contributed by atoms with Crippen LogP contribution in [-0.2, 0) is 52.5 Å². The number of unbranched alkanes of at least 4 members (excludes halogenated alkanes) is 8. The number of fused-ring (bicyclic) bond motifs is 1. The van der Waals surface area contributed by atoms with Gasteiger partial charge in [0, 0.05) is 52.3 Å². The van der Waals surface area contributed by atoms with E-state index in [-0.39, 0.29) is 29.9 Å². The van der Waals surface area contributed by atoms with Crippen LogP contribution in [0.25, 0.3) is 43.5 Å². The van der Waals surface area contributed by atoms with Crippen LogP contribution in [0.15, 0.2) is 152 Å². The van der Waals surface area contributed by atoms with Gasteiger partial charge in [-0.3, -0.25) is 9.59 Å². The van der Waals surface area contributed by atoms with Gasteiger partial charge < -0.3 is 38.5 Å². The molecule has 0 radical (unpaired) electrons. The molecule has 9 rings (SSSR count). The largest absolute Gasteiger partial charge is 0.502 e. The molecular weight excluding hydrogens is 1190 g/mol. The minimum atomic E-state index is -0.400. The summed E-state index contributed by atoms with van der Waals surface area (Å²) in [4.78, 5) is 30.0. The highest BCUT2D eigenvalue weighted by Gasteiger charge is 2.34. The number of benzene rings is 6. The lowest BCUT2D eigenvalue weighted by Gasteiger charge is -2.37. The molecule has 486 valence electrons. The summed E-state index contributed by atoms with van der Waals surface area (Å²) >= 11 is 8.41. The summed E-state index contributed by atoms with van der Waals surface area (Å²) in [6.07, 6.45) is 23.0. The van der Waals surface area contributed by atoms with Crippen LogP contribution in [-0.4, -0.2) is 81.9 Å². The smallest absolute Gasteiger partial charge is 0.308 e. The molecule has 1 saturated carbocycles. The van der Waals surface area contributed by atoms with Crippen molar-refractivity contribution in [2.45, 2.75) is 160 Å². The van der Waals surface area contributed by atoms with E-state index in [9.17, 15) is 14.9 Å². The topological polar surface area (TPSA) is 138 Å². The quantitative estimate of drug-likeness (QED) is 0.0129. The zero-order chi connectivity index (χ0) is 64.2. The minimum Gasteiger partial charge on any atom is -0.502 e. The number of epoxide rings is 1. The van der Waals surface area contributed by atoms with E-state index in [4.69, 9.17) is 45.4 Å². The molecule has 1 saturated heterocycles. The number of carbonyl (C=O) groups is 2. The SMILES string of the molecule is C/C=C/OCCCCCCCCCC(CCCCCOC(=O)C1CCC(C(=O)OCCc2ccc(OCCCOCC3CO3)cc2)CC1)(Cc1cc(-c2ccc(C#N)cc2)c(-c2ccc(CCC)cc2)s1)NC(=S)c1ccc2cc(-c3ccc(OC)cc3)ccc2c1. The molecule has 0 spiro atoms. The monoisotopic (exact) mass is 1280 g/mol. The fraction of sp³-hybridized carbons (Fsp3) is 0.443. The molecule has 1 N–H and O–H groups in total. The Kier molecular flexibility index (Phi) is 27.6. The molecule has 1 aliphatic carbocycles. The number of esters is 2. The summed E-state index contributed by atoms with van der Waals surface area (Å²) in [7, 11) is 1.69. The molecule has 2 atom stereocenters. The van der Waals surface area contributed by atoms with Gasteiger partial charge in [0.05, 0.1) is 76.5 Å². The van der Waals surface area contributed by atoms with Crippen molar-refractivity contribution in [3.63, 3.8) is 0 Å². The van der Waals surface area contributed by atoms with Gasteiger partial charge in [-0.05, 0) is 170 Å². The molecular formula is C79H94N2O9S2. The molecule has 2 fully saturated rings. The Morgan fingerprint density at radius 2 is 1.23 bits per heavy atom. The third-order valence-corrected chi connectivity index (χ3v) is 19.4. The maximum absolute atomic E-state index is 13.6. The van der Waals surface area contributed by atoms with E-state index in [0.29, 0.717) is 70.7 Å². The zero-order valence-electron chi connectivity index (χ0n) is 54.4. The van der Waals surface area contributed by atoms with E-state index in [1.165, 1.54) is 40.1 Å². The molecule has 0 bridgehead atoms. The third-order valence-electron chi connectivity index (χ3n) is 17.8. The molecule has 6 aromatic carbocycles. The van der Waals surface area contributed by atoms with Crippen LogP contribution < -0.4 is 14.8 Å². The van der Waals surface area contributed by atoms with Crippen LogP contribution in [0, 0.1) is 23.2 Å². The lowest BCUT2D eigenvalue weighted by Crippen LogP contribution is -2.50. The van der Waals surface area contributed by atoms with Gasteiger partial charge in [-0.15, -0.1) is 11.3 Å². The minimum absolute atomic E-state index is 0.163. The van der Waals surface area contributed by atoms with E-state index in [1.54, 1.807) is 13.4 Å². The number of nitrogens with one attached hydrogen (secondary N) is 1. The van der Waals surface area contributed by atoms with Gasteiger partial charge in [0.15, 0.2) is 0 Å². The number of nitriles is 1. The highest BCUT2D eigenvalue weighted by atomic mass is 32.1. The van der Waals surface area contributed by atoms with Crippen LogP contribution >= 0.6 is 23.6 Å². The summed E-state index contributed by atoms with van der Waals surface area (Å²) in [5.41, 5.74) is 9.33. The summed E-state index contributed by atoms with van der Waals surface area (Å²) in [5, 5.41) is 16.2. The van der Waals surface area contributed by atoms with Gasteiger partial charge in [-0.25, -0.2) is 0 Å². The van der Waals surface area contributed by atoms with Gasteiger partial charge in [0.25, 0.3) is 0 Å². The van der Waals surface area contributed by atoms with Crippen LogP contribution in [0.5, 0.6) is 11.5 Å². The molecule has 2 aliphatic rings. The Balaban J connectivity index is 0.851. The van der Waals surface area contributed by atoms with Crippen molar-refractivity contribution in [1.82, 2.24) is 5.32 Å². The summed E-state index contributed by atoms with van der Waals surface area (Å²) in [6, 6.07) is 51.1. The van der Waals surface area contributed by atoms with E-state index in [0.717, 1.165) is 157 Å². The Labute approximate surface area is 556 Å². The van der Waals surface area contributed by atoms with Crippen molar-refractivity contribution in [3.05, 3.63) is 179 Å². The predicted octanol–water partition coefficient (Wildman–Crippen LogP) is 18.5. The Morgan fingerprint density at radius 3 is 1.90 bits per heavy atom. The van der Waals surface area contributed by atoms with Gasteiger partial charge in [-0.1, -0.05) is 162 Å². The number of rotatable bonds is 39. The van der Waals surface area contributed by atoms with E-state index in [1.807, 2.05) is 72.9 Å². The molecule has 2 heterocycles. The first-order valence-electron chi connectivity index (χ1n) is 33.8. The van der Waals surface area contributed by atoms with Crippen LogP contribution in [0.1, 0.15) is 157 Å². The molecule has 11 nitrogen and oxygen atoms in total. The van der Waals surface area contributed by atoms with Crippen LogP contribution in [0.2, 0.25) is 0 Å². The van der Waals surface area contributed by atoms with E-state index >= 15 is 0 Å². The number of carbonyl (C=O) groups excluding carboxylic acids is 2. The summed E-state index contributed by atoms with van der Waals surface area (Å²) in [6.45, 7) is 8.30. The average Bonchev–Trinajstić information content (AvgIpc) is 1.52. The average molecular weight is 1280 g/mol. The molecule has 1 aromatic heterocycles. The number of hydrogen-bond donors (Lipinski definition) is 1. The maximum atomic E-state index is 13.6. The number of ether oxygens (including phenoxy) is 7. The van der Waals surface area contributed by atoms with Crippen molar-refractivity contribution < 1.29 is 42.7 Å². The number of allylic oxidation sites excluding steroid dienone is 1. The van der Waals surface area contributed by atoms with E-state index < -0.39 is 5.54 Å². The first-order chi connectivity index (χ1) is 45.1. The Bertz CT molecular complexity index is 3470.